The molecule has 0 bridgehead atoms. The Hall–Kier alpha value is -1.76. The van der Waals surface area contributed by atoms with E-state index in [1.165, 1.54) is 4.90 Å². The molecule has 0 aliphatic carbocycles. The predicted molar refractivity (Wildman–Crippen MR) is 72.6 cm³/mol. The Morgan fingerprint density at radius 1 is 1.45 bits per heavy atom. The highest BCUT2D eigenvalue weighted by Crippen LogP contribution is 2.20. The van der Waals surface area contributed by atoms with E-state index in [0.29, 0.717) is 0 Å². The Labute approximate surface area is 118 Å². The number of hydrogen-bond acceptors (Lipinski definition) is 5. The highest BCUT2D eigenvalue weighted by atomic mass is 16.2. The molecule has 1 aromatic rings. The van der Waals surface area contributed by atoms with E-state index in [-0.39, 0.29) is 30.3 Å². The van der Waals surface area contributed by atoms with Gasteiger partial charge in [-0.3, -0.25) is 19.8 Å². The minimum Gasteiger partial charge on any atom is -0.319 e. The van der Waals surface area contributed by atoms with Crippen LogP contribution in [-0.4, -0.2) is 43.6 Å². The molecular formula is C13H21N5O2. The van der Waals surface area contributed by atoms with Crippen LogP contribution in [0, 0.1) is 0 Å². The number of carbonyl (C=O) groups is 2. The number of imide groups is 1. The van der Waals surface area contributed by atoms with Gasteiger partial charge in [0.15, 0.2) is 0 Å². The van der Waals surface area contributed by atoms with Crippen LogP contribution in [0.3, 0.4) is 0 Å². The second-order valence-electron chi connectivity index (χ2n) is 5.30. The summed E-state index contributed by atoms with van der Waals surface area (Å²) in [7, 11) is 1.85. The van der Waals surface area contributed by atoms with E-state index >= 15 is 0 Å². The number of hydrogen-bond donors (Lipinski definition) is 1. The molecule has 1 aliphatic heterocycles. The number of nitrogens with one attached hydrogen (secondary N) is 1. The number of amides is 2. The van der Waals surface area contributed by atoms with Gasteiger partial charge in [-0.2, -0.15) is 0 Å². The maximum Gasteiger partial charge on any atom is 0.247 e. The molecule has 0 spiro atoms. The van der Waals surface area contributed by atoms with Crippen molar-refractivity contribution in [2.45, 2.75) is 51.7 Å². The zero-order valence-electron chi connectivity index (χ0n) is 12.3. The fourth-order valence-corrected chi connectivity index (χ4v) is 2.49. The number of rotatable bonds is 5. The fourth-order valence-electron chi connectivity index (χ4n) is 2.49. The number of aromatic nitrogens is 3. The third-order valence-electron chi connectivity index (χ3n) is 3.80. The first-order chi connectivity index (χ1) is 9.45. The highest BCUT2D eigenvalue weighted by Gasteiger charge is 2.41. The molecule has 0 saturated carbocycles. The summed E-state index contributed by atoms with van der Waals surface area (Å²) in [6.45, 7) is 5.77. The van der Waals surface area contributed by atoms with Crippen molar-refractivity contribution >= 4 is 11.8 Å². The van der Waals surface area contributed by atoms with Crippen molar-refractivity contribution in [3.05, 3.63) is 12.2 Å². The fraction of sp³-hybridized carbons (Fsp3) is 0.692. The molecule has 7 nitrogen and oxygen atoms in total. The van der Waals surface area contributed by atoms with Gasteiger partial charge in [0, 0.05) is 13.1 Å². The van der Waals surface area contributed by atoms with E-state index in [4.69, 9.17) is 0 Å². The third-order valence-corrected chi connectivity index (χ3v) is 3.80. The van der Waals surface area contributed by atoms with Gasteiger partial charge in [-0.25, -0.2) is 0 Å². The summed E-state index contributed by atoms with van der Waals surface area (Å²) >= 11 is 0. The van der Waals surface area contributed by atoms with Gasteiger partial charge in [0.25, 0.3) is 0 Å². The molecule has 7 heteroatoms. The molecule has 3 atom stereocenters. The number of carbonyl (C=O) groups excluding carboxylic acids is 2. The zero-order valence-corrected chi connectivity index (χ0v) is 12.3. The number of nitrogens with zero attached hydrogens (tertiary/aromatic N) is 4. The van der Waals surface area contributed by atoms with Crippen LogP contribution >= 0.6 is 0 Å². The summed E-state index contributed by atoms with van der Waals surface area (Å²) in [5, 5.41) is 11.0. The normalized spacial score (nSPS) is 22.4. The van der Waals surface area contributed by atoms with Crippen LogP contribution < -0.4 is 5.32 Å². The molecular weight excluding hydrogens is 258 g/mol. The molecule has 1 N–H and O–H groups in total. The smallest absolute Gasteiger partial charge is 0.247 e. The van der Waals surface area contributed by atoms with Crippen molar-refractivity contribution in [3.8, 4) is 0 Å². The topological polar surface area (TPSA) is 80.1 Å². The largest absolute Gasteiger partial charge is 0.319 e. The molecule has 1 saturated heterocycles. The summed E-state index contributed by atoms with van der Waals surface area (Å²) < 4.78 is 1.80. The Kier molecular flexibility index (Phi) is 4.17. The van der Waals surface area contributed by atoms with Crippen LogP contribution in [0.2, 0.25) is 0 Å². The molecule has 3 unspecified atom stereocenters. The van der Waals surface area contributed by atoms with Crippen molar-refractivity contribution in [1.82, 2.24) is 25.0 Å². The van der Waals surface area contributed by atoms with Crippen LogP contribution in [0.5, 0.6) is 0 Å². The first kappa shape index (κ1) is 14.6. The van der Waals surface area contributed by atoms with Crippen LogP contribution in [-0.2, 0) is 16.6 Å². The van der Waals surface area contributed by atoms with Crippen molar-refractivity contribution in [1.29, 1.82) is 0 Å². The van der Waals surface area contributed by atoms with E-state index in [1.54, 1.807) is 10.9 Å². The summed E-state index contributed by atoms with van der Waals surface area (Å²) in [5.41, 5.74) is 0. The molecule has 1 aliphatic rings. The van der Waals surface area contributed by atoms with Crippen molar-refractivity contribution in [3.63, 3.8) is 0 Å². The standard InChI is InChI=1S/C13H21N5O2/c1-5-8(2)18-11(19)6-10(13(18)20)15-9(3)12-16-14-7-17(12)4/h7-10,15H,5-6H2,1-4H3. The maximum atomic E-state index is 12.3. The third kappa shape index (κ3) is 2.58. The summed E-state index contributed by atoms with van der Waals surface area (Å²) in [5.74, 6) is 0.498. The monoisotopic (exact) mass is 279 g/mol. The van der Waals surface area contributed by atoms with Gasteiger partial charge in [-0.15, -0.1) is 10.2 Å². The molecule has 110 valence electrons. The first-order valence-electron chi connectivity index (χ1n) is 6.91. The van der Waals surface area contributed by atoms with E-state index in [9.17, 15) is 9.59 Å². The van der Waals surface area contributed by atoms with Gasteiger partial charge in [0.05, 0.1) is 18.5 Å². The lowest BCUT2D eigenvalue weighted by atomic mass is 10.2. The van der Waals surface area contributed by atoms with Gasteiger partial charge in [0.1, 0.15) is 12.2 Å². The van der Waals surface area contributed by atoms with E-state index in [2.05, 4.69) is 15.5 Å². The van der Waals surface area contributed by atoms with Crippen LogP contribution in [0.4, 0.5) is 0 Å². The minimum absolute atomic E-state index is 0.0491. The van der Waals surface area contributed by atoms with Crippen molar-refractivity contribution in [2.24, 2.45) is 7.05 Å². The van der Waals surface area contributed by atoms with Gasteiger partial charge in [-0.1, -0.05) is 6.92 Å². The van der Waals surface area contributed by atoms with Crippen LogP contribution in [0.15, 0.2) is 6.33 Å². The van der Waals surface area contributed by atoms with E-state index in [1.807, 2.05) is 27.8 Å². The van der Waals surface area contributed by atoms with E-state index < -0.39 is 6.04 Å². The summed E-state index contributed by atoms with van der Waals surface area (Å²) in [6, 6.07) is -0.656. The zero-order chi connectivity index (χ0) is 14.9. The minimum atomic E-state index is -0.469. The lowest BCUT2D eigenvalue weighted by Crippen LogP contribution is -2.43. The maximum absolute atomic E-state index is 12.3. The second-order valence-corrected chi connectivity index (χ2v) is 5.30. The SMILES string of the molecule is CCC(C)N1C(=O)CC(NC(C)c2nncn2C)C1=O. The molecule has 2 heterocycles. The molecule has 1 fully saturated rings. The van der Waals surface area contributed by atoms with Crippen LogP contribution in [0.1, 0.15) is 45.5 Å². The Balaban J connectivity index is 2.06. The average Bonchev–Trinajstić information content (AvgIpc) is 2.94. The van der Waals surface area contributed by atoms with Crippen LogP contribution in [0.25, 0.3) is 0 Å². The molecule has 0 aromatic carbocycles. The molecule has 20 heavy (non-hydrogen) atoms. The quantitative estimate of drug-likeness (QED) is 0.789. The predicted octanol–water partition coefficient (Wildman–Crippen LogP) is 0.392. The van der Waals surface area contributed by atoms with Crippen molar-refractivity contribution in [2.75, 3.05) is 0 Å². The summed E-state index contributed by atoms with van der Waals surface area (Å²) in [4.78, 5) is 25.6. The first-order valence-corrected chi connectivity index (χ1v) is 6.91. The number of likely N-dealkylation sites (tertiary alicyclic amines) is 1. The molecule has 1 aromatic heterocycles. The second kappa shape index (κ2) is 5.70. The Morgan fingerprint density at radius 3 is 2.70 bits per heavy atom. The van der Waals surface area contributed by atoms with Gasteiger partial charge >= 0.3 is 0 Å². The van der Waals surface area contributed by atoms with E-state index in [0.717, 1.165) is 12.2 Å². The lowest BCUT2D eigenvalue weighted by Gasteiger charge is -2.22. The van der Waals surface area contributed by atoms with Gasteiger partial charge in [0.2, 0.25) is 11.8 Å². The Bertz CT molecular complexity index is 513. The number of aryl methyl sites for hydroxylation is 1. The lowest BCUT2D eigenvalue weighted by molar-refractivity contribution is -0.141. The molecule has 0 radical (unpaired) electrons. The highest BCUT2D eigenvalue weighted by molar-refractivity contribution is 6.05. The average molecular weight is 279 g/mol. The summed E-state index contributed by atoms with van der Waals surface area (Å²) in [6.07, 6.45) is 2.59. The van der Waals surface area contributed by atoms with Gasteiger partial charge in [-0.05, 0) is 20.3 Å². The molecule has 2 rings (SSSR count). The van der Waals surface area contributed by atoms with Crippen molar-refractivity contribution < 1.29 is 9.59 Å². The Morgan fingerprint density at radius 2 is 2.15 bits per heavy atom. The van der Waals surface area contributed by atoms with Gasteiger partial charge < -0.3 is 4.57 Å². The molecule has 2 amide bonds.